The molecule has 0 amide bonds. The van der Waals surface area contributed by atoms with Gasteiger partial charge in [-0.05, 0) is 48.1 Å². The Bertz CT molecular complexity index is 1330. The molecule has 39 heavy (non-hydrogen) atoms. The molecule has 0 aromatic heterocycles. The van der Waals surface area contributed by atoms with Gasteiger partial charge in [-0.3, -0.25) is 14.5 Å². The lowest BCUT2D eigenvalue weighted by Crippen LogP contribution is -2.71. The fraction of sp³-hybridized carbons (Fsp3) is 0.645. The summed E-state index contributed by atoms with van der Waals surface area (Å²) in [5.41, 5.74) is 0.359. The first kappa shape index (κ1) is 24.1. The molecule has 0 radical (unpaired) electrons. The quantitative estimate of drug-likeness (QED) is 0.358. The molecule has 206 valence electrons. The average molecular weight is 534 g/mol. The molecule has 6 saturated carbocycles. The molecule has 1 N–H and O–H groups in total. The third-order valence-corrected chi connectivity index (χ3v) is 12.1. The van der Waals surface area contributed by atoms with E-state index in [0.29, 0.717) is 18.0 Å². The van der Waals surface area contributed by atoms with Crippen LogP contribution in [0.4, 0.5) is 0 Å². The highest BCUT2D eigenvalue weighted by atomic mass is 16.6. The van der Waals surface area contributed by atoms with E-state index in [0.717, 1.165) is 25.0 Å². The Kier molecular flexibility index (Phi) is 4.53. The molecule has 3 heterocycles. The van der Waals surface area contributed by atoms with Gasteiger partial charge in [-0.25, -0.2) is 4.79 Å². The summed E-state index contributed by atoms with van der Waals surface area (Å²) in [7, 11) is 0. The number of nitrogens with zero attached hydrogens (tertiary/aromatic N) is 1. The molecule has 9 bridgehead atoms. The van der Waals surface area contributed by atoms with Gasteiger partial charge in [0.2, 0.25) is 0 Å². The van der Waals surface area contributed by atoms with E-state index in [1.165, 1.54) is 13.8 Å². The Morgan fingerprint density at radius 2 is 1.74 bits per heavy atom. The summed E-state index contributed by atoms with van der Waals surface area (Å²) in [6.45, 7) is 10.4. The van der Waals surface area contributed by atoms with Crippen LogP contribution in [0, 0.1) is 39.9 Å². The van der Waals surface area contributed by atoms with Gasteiger partial charge in [-0.1, -0.05) is 37.3 Å². The van der Waals surface area contributed by atoms with E-state index in [2.05, 4.69) is 18.4 Å². The first-order chi connectivity index (χ1) is 18.5. The molecule has 3 saturated heterocycles. The average Bonchev–Trinajstić information content (AvgIpc) is 3.30. The van der Waals surface area contributed by atoms with Gasteiger partial charge in [0.1, 0.15) is 18.3 Å². The van der Waals surface area contributed by atoms with Crippen LogP contribution in [0.1, 0.15) is 50.4 Å². The maximum atomic E-state index is 13.6. The predicted molar refractivity (Wildman–Crippen MR) is 137 cm³/mol. The van der Waals surface area contributed by atoms with Gasteiger partial charge in [-0.2, -0.15) is 0 Å². The van der Waals surface area contributed by atoms with Crippen LogP contribution in [0.25, 0.3) is 0 Å². The van der Waals surface area contributed by atoms with Crippen LogP contribution in [0.15, 0.2) is 42.5 Å². The van der Waals surface area contributed by atoms with Crippen molar-refractivity contribution in [3.05, 3.63) is 48.0 Å². The zero-order valence-corrected chi connectivity index (χ0v) is 22.5. The molecule has 8 heteroatoms. The van der Waals surface area contributed by atoms with E-state index in [9.17, 15) is 19.5 Å². The summed E-state index contributed by atoms with van der Waals surface area (Å²) in [5, 5.41) is 12.0. The van der Waals surface area contributed by atoms with Crippen molar-refractivity contribution in [3.63, 3.8) is 0 Å². The Morgan fingerprint density at radius 3 is 2.44 bits per heavy atom. The van der Waals surface area contributed by atoms with Crippen molar-refractivity contribution in [1.82, 2.24) is 4.90 Å². The van der Waals surface area contributed by atoms with E-state index >= 15 is 0 Å². The van der Waals surface area contributed by atoms with Crippen LogP contribution in [-0.2, 0) is 23.8 Å². The van der Waals surface area contributed by atoms with Gasteiger partial charge in [-0.15, -0.1) is 0 Å². The van der Waals surface area contributed by atoms with Crippen LogP contribution >= 0.6 is 0 Å². The van der Waals surface area contributed by atoms with Crippen LogP contribution in [0.3, 0.4) is 0 Å². The van der Waals surface area contributed by atoms with Crippen molar-refractivity contribution in [2.75, 3.05) is 6.54 Å². The number of carbonyl (C=O) groups is 3. The lowest BCUT2D eigenvalue weighted by molar-refractivity contribution is -0.253. The van der Waals surface area contributed by atoms with Crippen molar-refractivity contribution in [2.45, 2.75) is 76.5 Å². The van der Waals surface area contributed by atoms with E-state index in [4.69, 9.17) is 14.2 Å². The van der Waals surface area contributed by atoms with Crippen molar-refractivity contribution in [2.24, 2.45) is 39.9 Å². The predicted octanol–water partition coefficient (Wildman–Crippen LogP) is 2.74. The summed E-state index contributed by atoms with van der Waals surface area (Å²) in [6.07, 6.45) is -0.258. The van der Waals surface area contributed by atoms with E-state index in [-0.39, 0.29) is 40.5 Å². The molecule has 1 aromatic carbocycles. The Balaban J connectivity index is 1.33. The third kappa shape index (κ3) is 2.57. The normalized spacial score (nSPS) is 52.6. The molecule has 14 atom stereocenters. The summed E-state index contributed by atoms with van der Waals surface area (Å²) in [6, 6.07) is 9.22. The van der Waals surface area contributed by atoms with Crippen molar-refractivity contribution in [3.8, 4) is 0 Å². The molecular formula is C31H35NO7. The summed E-state index contributed by atoms with van der Waals surface area (Å²) >= 11 is 0. The van der Waals surface area contributed by atoms with Gasteiger partial charge in [0, 0.05) is 55.6 Å². The van der Waals surface area contributed by atoms with Gasteiger partial charge >= 0.3 is 17.9 Å². The fourth-order valence-corrected chi connectivity index (χ4v) is 12.1. The number of hydrogen-bond acceptors (Lipinski definition) is 8. The number of aliphatic hydroxyl groups is 1. The van der Waals surface area contributed by atoms with Crippen LogP contribution < -0.4 is 0 Å². The smallest absolute Gasteiger partial charge is 0.338 e. The molecule has 9 aliphatic rings. The molecule has 1 unspecified atom stereocenters. The van der Waals surface area contributed by atoms with Crippen molar-refractivity contribution >= 4 is 17.9 Å². The largest absolute Gasteiger partial charge is 0.459 e. The Labute approximate surface area is 227 Å². The standard InChI is InChI=1S/C31H35NO7/c1-14-10-30-11-18-24-29(4)12-19(37-15(2)33)27(38-16(3)34)31(24)25(30)23(39-28(36)17-8-6-5-7-9-17)20(14)22(35)21(30)26(31)32(18)13-29/h5-9,18-27,35H,1,10-13H2,2-4H3/t18-,19-,20+,21+,22-,23-,24+,25+,26+,27+,29+,30-,31+/m0/s1. The van der Waals surface area contributed by atoms with Crippen LogP contribution in [0.2, 0.25) is 0 Å². The second-order valence-corrected chi connectivity index (χ2v) is 13.7. The van der Waals surface area contributed by atoms with Crippen molar-refractivity contribution in [1.29, 1.82) is 0 Å². The SMILES string of the molecule is C=C1C[C@@]23C[C@H]4[C@@H]5[C@]6(C)C[C@H](OC(C)=O)[C@@H](OC(C)=O)[C@@]57[C@@H]2[C@@H](OC(=O)c2ccccc2)[C@H]1[C@H](O)[C@@H]3[C@H]7N4C6. The second kappa shape index (κ2) is 7.32. The molecule has 3 aliphatic heterocycles. The fourth-order valence-electron chi connectivity index (χ4n) is 12.1. The Hall–Kier alpha value is -2.71. The summed E-state index contributed by atoms with van der Waals surface area (Å²) in [4.78, 5) is 41.2. The number of esters is 3. The van der Waals surface area contributed by atoms with Gasteiger partial charge in [0.05, 0.1) is 11.7 Å². The van der Waals surface area contributed by atoms with E-state index < -0.39 is 47.7 Å². The van der Waals surface area contributed by atoms with Crippen molar-refractivity contribution < 1.29 is 33.7 Å². The highest BCUT2D eigenvalue weighted by Crippen LogP contribution is 2.87. The molecule has 6 aliphatic carbocycles. The molecule has 2 spiro atoms. The minimum atomic E-state index is -0.709. The number of fused-ring (bicyclic) bond motifs is 1. The number of ether oxygens (including phenoxy) is 3. The molecule has 10 rings (SSSR count). The summed E-state index contributed by atoms with van der Waals surface area (Å²) in [5.74, 6) is -1.60. The van der Waals surface area contributed by atoms with Crippen LogP contribution in [-0.4, -0.2) is 71.0 Å². The number of carbonyl (C=O) groups excluding carboxylic acids is 3. The first-order valence-corrected chi connectivity index (χ1v) is 14.3. The lowest BCUT2D eigenvalue weighted by Gasteiger charge is -2.67. The van der Waals surface area contributed by atoms with Gasteiger partial charge < -0.3 is 19.3 Å². The minimum absolute atomic E-state index is 0.0342. The zero-order valence-electron chi connectivity index (χ0n) is 22.5. The third-order valence-electron chi connectivity index (χ3n) is 12.1. The molecule has 1 aromatic rings. The zero-order chi connectivity index (χ0) is 27.2. The summed E-state index contributed by atoms with van der Waals surface area (Å²) < 4.78 is 18.6. The second-order valence-electron chi connectivity index (χ2n) is 13.7. The number of hydrogen-bond donors (Lipinski definition) is 1. The van der Waals surface area contributed by atoms with E-state index in [1.54, 1.807) is 12.1 Å². The minimum Gasteiger partial charge on any atom is -0.459 e. The number of piperidine rings is 2. The number of benzene rings is 1. The highest BCUT2D eigenvalue weighted by Gasteiger charge is 2.93. The van der Waals surface area contributed by atoms with Crippen LogP contribution in [0.5, 0.6) is 0 Å². The highest BCUT2D eigenvalue weighted by molar-refractivity contribution is 5.89. The lowest BCUT2D eigenvalue weighted by atomic mass is 9.39. The van der Waals surface area contributed by atoms with Gasteiger partial charge in [0.15, 0.2) is 0 Å². The maximum Gasteiger partial charge on any atom is 0.338 e. The maximum absolute atomic E-state index is 13.6. The Morgan fingerprint density at radius 1 is 1.03 bits per heavy atom. The molecule has 9 fully saturated rings. The molecular weight excluding hydrogens is 498 g/mol. The molecule has 8 nitrogen and oxygen atoms in total. The van der Waals surface area contributed by atoms with Gasteiger partial charge in [0.25, 0.3) is 0 Å². The monoisotopic (exact) mass is 533 g/mol. The number of rotatable bonds is 4. The first-order valence-electron chi connectivity index (χ1n) is 14.3. The van der Waals surface area contributed by atoms with E-state index in [1.807, 2.05) is 18.2 Å². The number of aliphatic hydroxyl groups excluding tert-OH is 1. The topological polar surface area (TPSA) is 102 Å².